The van der Waals surface area contributed by atoms with Gasteiger partial charge in [-0.1, -0.05) is 0 Å². The van der Waals surface area contributed by atoms with Crippen LogP contribution >= 0.6 is 0 Å². The minimum atomic E-state index is -1.37. The van der Waals surface area contributed by atoms with Gasteiger partial charge >= 0.3 is 5.97 Å². The average molecular weight is 147 g/mol. The summed E-state index contributed by atoms with van der Waals surface area (Å²) in [6, 6.07) is 0. The number of carbonyl (C=O) groups is 1. The van der Waals surface area contributed by atoms with Crippen molar-refractivity contribution in [1.29, 1.82) is 5.41 Å². The topological polar surface area (TPSA) is 102 Å². The van der Waals surface area contributed by atoms with Crippen LogP contribution in [-0.4, -0.2) is 39.7 Å². The average Bonchev–Trinajstić information content (AvgIpc) is 1.87. The Morgan fingerprint density at radius 1 is 1.60 bits per heavy atom. The first kappa shape index (κ1) is 9.06. The molecule has 0 radical (unpaired) electrons. The zero-order chi connectivity index (χ0) is 8.15. The minimum absolute atomic E-state index is 0.314. The van der Waals surface area contributed by atoms with Gasteiger partial charge in [0.05, 0.1) is 12.7 Å². The van der Waals surface area contributed by atoms with Gasteiger partial charge in [-0.15, -0.1) is 0 Å². The summed E-state index contributed by atoms with van der Waals surface area (Å²) in [6.45, 7) is -0.518. The van der Waals surface area contributed by atoms with Gasteiger partial charge in [-0.2, -0.15) is 0 Å². The Hall–Kier alpha value is -0.940. The summed E-state index contributed by atoms with van der Waals surface area (Å²) in [5.41, 5.74) is -0.596. The molecule has 0 saturated heterocycles. The predicted octanol–water partition coefficient (Wildman–Crippen LogP) is -1.17. The van der Waals surface area contributed by atoms with Crippen molar-refractivity contribution in [1.82, 2.24) is 0 Å². The molecule has 0 aromatic heterocycles. The first-order valence-electron chi connectivity index (χ1n) is 2.67. The molecular formula is C5H9NO4. The van der Waals surface area contributed by atoms with Crippen LogP contribution in [0.15, 0.2) is 0 Å². The second-order valence-electron chi connectivity index (χ2n) is 1.82. The van der Waals surface area contributed by atoms with Crippen LogP contribution in [0.1, 0.15) is 6.42 Å². The van der Waals surface area contributed by atoms with Gasteiger partial charge in [0.25, 0.3) is 0 Å². The van der Waals surface area contributed by atoms with E-state index >= 15 is 0 Å². The SMILES string of the molecule is N=C(CC(O)CO)C(=O)O. The van der Waals surface area contributed by atoms with Crippen LogP contribution < -0.4 is 0 Å². The quantitative estimate of drug-likeness (QED) is 0.376. The number of aliphatic carboxylic acids is 1. The summed E-state index contributed by atoms with van der Waals surface area (Å²) in [6.07, 6.45) is -1.45. The van der Waals surface area contributed by atoms with Crippen LogP contribution in [0.25, 0.3) is 0 Å². The fraction of sp³-hybridized carbons (Fsp3) is 0.600. The first-order valence-corrected chi connectivity index (χ1v) is 2.67. The summed E-state index contributed by atoms with van der Waals surface area (Å²) in [5.74, 6) is -1.37. The molecule has 4 N–H and O–H groups in total. The van der Waals surface area contributed by atoms with Crippen LogP contribution in [0.4, 0.5) is 0 Å². The maximum absolute atomic E-state index is 9.93. The number of carboxylic acids is 1. The highest BCUT2D eigenvalue weighted by Gasteiger charge is 2.11. The number of rotatable bonds is 4. The lowest BCUT2D eigenvalue weighted by Gasteiger charge is -2.03. The second-order valence-corrected chi connectivity index (χ2v) is 1.82. The van der Waals surface area contributed by atoms with Crippen molar-refractivity contribution in [2.24, 2.45) is 0 Å². The fourth-order valence-corrected chi connectivity index (χ4v) is 0.387. The lowest BCUT2D eigenvalue weighted by molar-refractivity contribution is -0.129. The van der Waals surface area contributed by atoms with Gasteiger partial charge in [0.2, 0.25) is 0 Å². The molecule has 0 spiro atoms. The Morgan fingerprint density at radius 2 is 2.10 bits per heavy atom. The van der Waals surface area contributed by atoms with E-state index in [1.54, 1.807) is 0 Å². The summed E-state index contributed by atoms with van der Waals surface area (Å²) >= 11 is 0. The zero-order valence-electron chi connectivity index (χ0n) is 5.24. The third-order valence-corrected chi connectivity index (χ3v) is 0.909. The standard InChI is InChI=1S/C5H9NO4/c6-4(5(9)10)1-3(8)2-7/h3,6-8H,1-2H2,(H,9,10). The molecule has 0 fully saturated rings. The lowest BCUT2D eigenvalue weighted by atomic mass is 10.2. The number of aliphatic hydroxyl groups is 2. The van der Waals surface area contributed by atoms with Gasteiger partial charge in [-0.3, -0.25) is 5.41 Å². The molecule has 5 heteroatoms. The number of aliphatic hydroxyl groups excluding tert-OH is 2. The van der Waals surface area contributed by atoms with Gasteiger partial charge < -0.3 is 15.3 Å². The van der Waals surface area contributed by atoms with E-state index in [1.807, 2.05) is 0 Å². The normalized spacial score (nSPS) is 12.6. The second kappa shape index (κ2) is 3.97. The van der Waals surface area contributed by atoms with Crippen molar-refractivity contribution in [3.05, 3.63) is 0 Å². The highest BCUT2D eigenvalue weighted by molar-refractivity contribution is 6.34. The maximum atomic E-state index is 9.93. The third kappa shape index (κ3) is 3.16. The molecule has 0 bridgehead atoms. The van der Waals surface area contributed by atoms with E-state index in [0.717, 1.165) is 0 Å². The lowest BCUT2D eigenvalue weighted by Crippen LogP contribution is -2.22. The Kier molecular flexibility index (Phi) is 3.60. The maximum Gasteiger partial charge on any atom is 0.349 e. The van der Waals surface area contributed by atoms with Gasteiger partial charge in [-0.25, -0.2) is 4.79 Å². The van der Waals surface area contributed by atoms with Crippen LogP contribution in [0.5, 0.6) is 0 Å². The molecule has 0 heterocycles. The number of hydrogen-bond donors (Lipinski definition) is 4. The third-order valence-electron chi connectivity index (χ3n) is 0.909. The molecule has 1 unspecified atom stereocenters. The molecule has 0 aromatic rings. The summed E-state index contributed by atoms with van der Waals surface area (Å²) < 4.78 is 0. The summed E-state index contributed by atoms with van der Waals surface area (Å²) in [7, 11) is 0. The Balaban J connectivity index is 3.68. The molecule has 0 rings (SSSR count). The van der Waals surface area contributed by atoms with Crippen LogP contribution in [0.3, 0.4) is 0 Å². The molecule has 0 aromatic carbocycles. The van der Waals surface area contributed by atoms with Crippen LogP contribution in [0, 0.1) is 5.41 Å². The molecule has 0 aliphatic heterocycles. The predicted molar refractivity (Wildman–Crippen MR) is 33.1 cm³/mol. The number of hydrogen-bond acceptors (Lipinski definition) is 4. The summed E-state index contributed by atoms with van der Waals surface area (Å²) in [5, 5.41) is 31.7. The summed E-state index contributed by atoms with van der Waals surface area (Å²) in [4.78, 5) is 9.93. The van der Waals surface area contributed by atoms with Crippen LogP contribution in [0.2, 0.25) is 0 Å². The van der Waals surface area contributed by atoms with E-state index in [-0.39, 0.29) is 6.42 Å². The molecule has 0 aliphatic rings. The molecule has 10 heavy (non-hydrogen) atoms. The molecule has 5 nitrogen and oxygen atoms in total. The van der Waals surface area contributed by atoms with Gasteiger partial charge in [0, 0.05) is 6.42 Å². The van der Waals surface area contributed by atoms with E-state index in [4.69, 9.17) is 20.7 Å². The monoisotopic (exact) mass is 147 g/mol. The largest absolute Gasteiger partial charge is 0.477 e. The molecular weight excluding hydrogens is 138 g/mol. The van der Waals surface area contributed by atoms with E-state index in [1.165, 1.54) is 0 Å². The smallest absolute Gasteiger partial charge is 0.349 e. The highest BCUT2D eigenvalue weighted by atomic mass is 16.4. The molecule has 0 saturated carbocycles. The van der Waals surface area contributed by atoms with Crippen molar-refractivity contribution in [3.63, 3.8) is 0 Å². The molecule has 0 amide bonds. The Morgan fingerprint density at radius 3 is 2.40 bits per heavy atom. The van der Waals surface area contributed by atoms with Gasteiger partial charge in [0.15, 0.2) is 0 Å². The van der Waals surface area contributed by atoms with Crippen LogP contribution in [-0.2, 0) is 4.79 Å². The van der Waals surface area contributed by atoms with Gasteiger partial charge in [-0.05, 0) is 0 Å². The molecule has 58 valence electrons. The molecule has 1 atom stereocenters. The zero-order valence-corrected chi connectivity index (χ0v) is 5.24. The van der Waals surface area contributed by atoms with Crippen molar-refractivity contribution in [2.45, 2.75) is 12.5 Å². The van der Waals surface area contributed by atoms with Crippen molar-refractivity contribution < 1.29 is 20.1 Å². The molecule has 0 aliphatic carbocycles. The Bertz CT molecular complexity index is 145. The van der Waals surface area contributed by atoms with E-state index in [9.17, 15) is 4.79 Å². The number of carboxylic acid groups (broad SMARTS) is 1. The Labute approximate surface area is 57.4 Å². The van der Waals surface area contributed by atoms with E-state index in [0.29, 0.717) is 0 Å². The van der Waals surface area contributed by atoms with E-state index in [2.05, 4.69) is 0 Å². The van der Waals surface area contributed by atoms with E-state index < -0.39 is 24.4 Å². The van der Waals surface area contributed by atoms with Crippen molar-refractivity contribution >= 4 is 11.7 Å². The minimum Gasteiger partial charge on any atom is -0.477 e. The first-order chi connectivity index (χ1) is 4.57. The van der Waals surface area contributed by atoms with Crippen molar-refractivity contribution in [3.8, 4) is 0 Å². The van der Waals surface area contributed by atoms with Gasteiger partial charge in [0.1, 0.15) is 5.71 Å². The highest BCUT2D eigenvalue weighted by Crippen LogP contribution is 1.91. The number of nitrogens with one attached hydrogen (secondary N) is 1. The van der Waals surface area contributed by atoms with Crippen molar-refractivity contribution in [2.75, 3.05) is 6.61 Å². The fourth-order valence-electron chi connectivity index (χ4n) is 0.387.